The predicted octanol–water partition coefficient (Wildman–Crippen LogP) is 6.03. The van der Waals surface area contributed by atoms with Crippen LogP contribution in [0.4, 0.5) is 0 Å². The Morgan fingerprint density at radius 2 is 1.04 bits per heavy atom. The summed E-state index contributed by atoms with van der Waals surface area (Å²) in [5.41, 5.74) is 4.96. The van der Waals surface area contributed by atoms with Gasteiger partial charge in [-0.05, 0) is 25.0 Å². The van der Waals surface area contributed by atoms with Gasteiger partial charge in [0.25, 0.3) is 0 Å². The van der Waals surface area contributed by atoms with E-state index in [1.807, 2.05) is 48.8 Å². The van der Waals surface area contributed by atoms with E-state index >= 15 is 0 Å². The lowest BCUT2D eigenvalue weighted by molar-refractivity contribution is 1.19. The molecule has 0 N–H and O–H groups in total. The first-order chi connectivity index (χ1) is 11.7. The van der Waals surface area contributed by atoms with E-state index in [-0.39, 0.29) is 0 Å². The van der Waals surface area contributed by atoms with E-state index in [2.05, 4.69) is 60.5 Å². The summed E-state index contributed by atoms with van der Waals surface area (Å²) in [6.07, 6.45) is 9.66. The molecule has 0 radical (unpaired) electrons. The summed E-state index contributed by atoms with van der Waals surface area (Å²) in [6, 6.07) is 20.6. The minimum Gasteiger partial charge on any atom is -0.164 e. The normalized spacial score (nSPS) is 13.1. The Morgan fingerprint density at radius 3 is 1.42 bits per heavy atom. The molecule has 0 aliphatic rings. The molecule has 122 valence electrons. The number of allylic oxidation sites excluding steroid dienone is 2. The lowest BCUT2D eigenvalue weighted by Gasteiger charge is -1.97. The SMILES string of the molecule is C/C(=C\c1ccccc1)C/C=N/N=C/C/C(C)=C/c1ccccc1. The first kappa shape index (κ1) is 17.6. The Kier molecular flexibility index (Phi) is 7.42. The molecule has 0 saturated heterocycles. The molecule has 0 spiro atoms. The third kappa shape index (κ3) is 7.01. The molecule has 0 bridgehead atoms. The lowest BCUT2D eigenvalue weighted by Crippen LogP contribution is -1.81. The van der Waals surface area contributed by atoms with Crippen molar-refractivity contribution in [3.05, 3.63) is 82.9 Å². The topological polar surface area (TPSA) is 24.7 Å². The van der Waals surface area contributed by atoms with Crippen LogP contribution in [-0.4, -0.2) is 12.4 Å². The predicted molar refractivity (Wildman–Crippen MR) is 106 cm³/mol. The Bertz CT molecular complexity index is 658. The van der Waals surface area contributed by atoms with Crippen molar-refractivity contribution in [2.75, 3.05) is 0 Å². The smallest absolute Gasteiger partial charge is 0.0310 e. The molecule has 2 rings (SSSR count). The molecule has 2 heteroatoms. The maximum absolute atomic E-state index is 4.11. The Hall–Kier alpha value is -2.74. The van der Waals surface area contributed by atoms with Crippen LogP contribution in [0.25, 0.3) is 12.2 Å². The first-order valence-electron chi connectivity index (χ1n) is 8.22. The number of benzene rings is 2. The van der Waals surface area contributed by atoms with Gasteiger partial charge < -0.3 is 0 Å². The second kappa shape index (κ2) is 10.1. The molecular formula is C22H24N2. The number of nitrogens with zero attached hydrogens (tertiary/aromatic N) is 2. The van der Waals surface area contributed by atoms with E-state index in [0.717, 1.165) is 12.8 Å². The van der Waals surface area contributed by atoms with E-state index in [1.54, 1.807) is 0 Å². The molecule has 0 fully saturated rings. The highest BCUT2D eigenvalue weighted by Crippen LogP contribution is 2.09. The van der Waals surface area contributed by atoms with Gasteiger partial charge in [-0.2, -0.15) is 10.2 Å². The summed E-state index contributed by atoms with van der Waals surface area (Å²) in [7, 11) is 0. The zero-order valence-corrected chi connectivity index (χ0v) is 14.4. The van der Waals surface area contributed by atoms with Gasteiger partial charge in [0.05, 0.1) is 0 Å². The summed E-state index contributed by atoms with van der Waals surface area (Å²) in [5, 5.41) is 8.22. The fraction of sp³-hybridized carbons (Fsp3) is 0.182. The Labute approximate surface area is 145 Å². The molecule has 0 aliphatic carbocycles. The molecule has 0 unspecified atom stereocenters. The van der Waals surface area contributed by atoms with Crippen molar-refractivity contribution in [2.45, 2.75) is 26.7 Å². The van der Waals surface area contributed by atoms with Gasteiger partial charge in [0, 0.05) is 25.3 Å². The van der Waals surface area contributed by atoms with Gasteiger partial charge in [0.2, 0.25) is 0 Å². The molecule has 24 heavy (non-hydrogen) atoms. The van der Waals surface area contributed by atoms with Crippen molar-refractivity contribution in [3.8, 4) is 0 Å². The summed E-state index contributed by atoms with van der Waals surface area (Å²) >= 11 is 0. The van der Waals surface area contributed by atoms with Crippen molar-refractivity contribution in [1.82, 2.24) is 0 Å². The summed E-state index contributed by atoms with van der Waals surface area (Å²) < 4.78 is 0. The summed E-state index contributed by atoms with van der Waals surface area (Å²) in [5.74, 6) is 0. The fourth-order valence-electron chi connectivity index (χ4n) is 2.25. The van der Waals surface area contributed by atoms with Crippen LogP contribution in [0.1, 0.15) is 37.8 Å². The fourth-order valence-corrected chi connectivity index (χ4v) is 2.25. The minimum absolute atomic E-state index is 0.811. The van der Waals surface area contributed by atoms with Crippen molar-refractivity contribution in [1.29, 1.82) is 0 Å². The van der Waals surface area contributed by atoms with Crippen molar-refractivity contribution in [2.24, 2.45) is 10.2 Å². The maximum Gasteiger partial charge on any atom is 0.0310 e. The molecule has 2 nitrogen and oxygen atoms in total. The molecule has 2 aromatic rings. The minimum atomic E-state index is 0.811. The van der Waals surface area contributed by atoms with Crippen LogP contribution < -0.4 is 0 Å². The molecule has 0 aromatic heterocycles. The Morgan fingerprint density at radius 1 is 0.667 bits per heavy atom. The van der Waals surface area contributed by atoms with Crippen LogP contribution >= 0.6 is 0 Å². The number of hydrogen-bond acceptors (Lipinski definition) is 2. The van der Waals surface area contributed by atoms with Gasteiger partial charge >= 0.3 is 0 Å². The number of rotatable bonds is 7. The molecule has 2 aromatic carbocycles. The van der Waals surface area contributed by atoms with Gasteiger partial charge in [-0.15, -0.1) is 0 Å². The molecule has 0 saturated carbocycles. The van der Waals surface area contributed by atoms with Crippen LogP contribution in [0.5, 0.6) is 0 Å². The van der Waals surface area contributed by atoms with E-state index in [1.165, 1.54) is 22.3 Å². The van der Waals surface area contributed by atoms with Crippen LogP contribution in [0.15, 0.2) is 82.0 Å². The molecular weight excluding hydrogens is 292 g/mol. The second-order valence-corrected chi connectivity index (χ2v) is 5.81. The average molecular weight is 316 g/mol. The lowest BCUT2D eigenvalue weighted by atomic mass is 10.1. The Balaban J connectivity index is 1.76. The highest BCUT2D eigenvalue weighted by atomic mass is 15.2. The first-order valence-corrected chi connectivity index (χ1v) is 8.22. The van der Waals surface area contributed by atoms with E-state index in [4.69, 9.17) is 0 Å². The standard InChI is InChI=1S/C22H24N2/c1-19(17-21-9-5-3-6-10-21)13-15-23-24-16-14-20(2)18-22-11-7-4-8-12-22/h3-12,15-18H,13-14H2,1-2H3/b19-17+,20-18+,23-15+,24-16+. The maximum atomic E-state index is 4.11. The molecule has 0 aliphatic heterocycles. The summed E-state index contributed by atoms with van der Waals surface area (Å²) in [6.45, 7) is 4.21. The van der Waals surface area contributed by atoms with E-state index in [9.17, 15) is 0 Å². The van der Waals surface area contributed by atoms with Gasteiger partial charge in [0.15, 0.2) is 0 Å². The van der Waals surface area contributed by atoms with E-state index < -0.39 is 0 Å². The zero-order chi connectivity index (χ0) is 17.0. The zero-order valence-electron chi connectivity index (χ0n) is 14.4. The molecule has 0 heterocycles. The van der Waals surface area contributed by atoms with Crippen molar-refractivity contribution >= 4 is 24.6 Å². The van der Waals surface area contributed by atoms with Crippen molar-refractivity contribution in [3.63, 3.8) is 0 Å². The molecule has 0 amide bonds. The average Bonchev–Trinajstić information content (AvgIpc) is 2.60. The van der Waals surface area contributed by atoms with Crippen LogP contribution in [0, 0.1) is 0 Å². The monoisotopic (exact) mass is 316 g/mol. The van der Waals surface area contributed by atoms with Gasteiger partial charge in [-0.3, -0.25) is 0 Å². The van der Waals surface area contributed by atoms with Gasteiger partial charge in [0.1, 0.15) is 0 Å². The van der Waals surface area contributed by atoms with E-state index in [0.29, 0.717) is 0 Å². The van der Waals surface area contributed by atoms with Gasteiger partial charge in [-0.1, -0.05) is 84.0 Å². The van der Waals surface area contributed by atoms with Crippen LogP contribution in [0.3, 0.4) is 0 Å². The van der Waals surface area contributed by atoms with Crippen LogP contribution in [0.2, 0.25) is 0 Å². The quantitative estimate of drug-likeness (QED) is 0.440. The highest BCUT2D eigenvalue weighted by Gasteiger charge is 1.90. The summed E-state index contributed by atoms with van der Waals surface area (Å²) in [4.78, 5) is 0. The van der Waals surface area contributed by atoms with Gasteiger partial charge in [-0.25, -0.2) is 0 Å². The highest BCUT2D eigenvalue weighted by molar-refractivity contribution is 5.68. The molecule has 0 atom stereocenters. The van der Waals surface area contributed by atoms with Crippen LogP contribution in [-0.2, 0) is 0 Å². The van der Waals surface area contributed by atoms with Crippen molar-refractivity contribution < 1.29 is 0 Å². The third-order valence-corrected chi connectivity index (χ3v) is 3.48. The second-order valence-electron chi connectivity index (χ2n) is 5.81. The third-order valence-electron chi connectivity index (χ3n) is 3.48. The number of hydrogen-bond donors (Lipinski definition) is 0. The largest absolute Gasteiger partial charge is 0.164 e.